The zero-order valence-electron chi connectivity index (χ0n) is 16.3. The summed E-state index contributed by atoms with van der Waals surface area (Å²) < 4.78 is 1.83. The smallest absolute Gasteiger partial charge is 0.191 e. The molecule has 2 aromatic carbocycles. The zero-order valence-corrected chi connectivity index (χ0v) is 16.3. The molecule has 6 nitrogen and oxygen atoms in total. The first-order valence-corrected chi connectivity index (χ1v) is 9.47. The van der Waals surface area contributed by atoms with Gasteiger partial charge in [0, 0.05) is 18.9 Å². The molecule has 0 saturated heterocycles. The summed E-state index contributed by atoms with van der Waals surface area (Å²) in [5.41, 5.74) is 1.96. The third kappa shape index (κ3) is 5.20. The van der Waals surface area contributed by atoms with Gasteiger partial charge >= 0.3 is 0 Å². The molecular formula is C22H27N5O. The zero-order chi connectivity index (χ0) is 19.8. The van der Waals surface area contributed by atoms with Crippen molar-refractivity contribution in [1.29, 1.82) is 0 Å². The molecule has 0 radical (unpaired) electrons. The highest BCUT2D eigenvalue weighted by Crippen LogP contribution is 2.18. The maximum atomic E-state index is 10.8. The van der Waals surface area contributed by atoms with Crippen molar-refractivity contribution < 1.29 is 5.11 Å². The number of guanidine groups is 1. The second kappa shape index (κ2) is 9.19. The van der Waals surface area contributed by atoms with E-state index in [1.165, 1.54) is 0 Å². The Hall–Kier alpha value is -3.12. The molecule has 0 fully saturated rings. The Labute approximate surface area is 165 Å². The number of nitrogens with one attached hydrogen (secondary N) is 2. The summed E-state index contributed by atoms with van der Waals surface area (Å²) in [6, 6.07) is 19.7. The van der Waals surface area contributed by atoms with Gasteiger partial charge in [0.15, 0.2) is 5.96 Å². The number of nitrogens with zero attached hydrogens (tertiary/aromatic N) is 3. The molecule has 0 saturated carbocycles. The molecular weight excluding hydrogens is 350 g/mol. The van der Waals surface area contributed by atoms with E-state index in [9.17, 15) is 5.11 Å². The summed E-state index contributed by atoms with van der Waals surface area (Å²) in [4.78, 5) is 4.66. The topological polar surface area (TPSA) is 74.5 Å². The number of hydrogen-bond acceptors (Lipinski definition) is 3. The van der Waals surface area contributed by atoms with Crippen molar-refractivity contribution >= 4 is 5.96 Å². The summed E-state index contributed by atoms with van der Waals surface area (Å²) in [5, 5.41) is 21.5. The number of rotatable bonds is 7. The predicted octanol–water partition coefficient (Wildman–Crippen LogP) is 2.84. The van der Waals surface area contributed by atoms with Crippen molar-refractivity contribution in [2.24, 2.45) is 4.99 Å². The van der Waals surface area contributed by atoms with Gasteiger partial charge in [-0.15, -0.1) is 0 Å². The van der Waals surface area contributed by atoms with Crippen LogP contribution < -0.4 is 10.6 Å². The van der Waals surface area contributed by atoms with Crippen molar-refractivity contribution in [1.82, 2.24) is 20.4 Å². The summed E-state index contributed by atoms with van der Waals surface area (Å²) in [6.45, 7) is 5.44. The number of benzene rings is 2. The van der Waals surface area contributed by atoms with E-state index in [4.69, 9.17) is 0 Å². The van der Waals surface area contributed by atoms with Gasteiger partial charge < -0.3 is 15.7 Å². The van der Waals surface area contributed by atoms with Crippen molar-refractivity contribution in [3.05, 3.63) is 84.2 Å². The molecule has 0 amide bonds. The number of aliphatic imine (C=N–C) groups is 1. The first kappa shape index (κ1) is 19.6. The van der Waals surface area contributed by atoms with Gasteiger partial charge in [-0.25, -0.2) is 9.67 Å². The van der Waals surface area contributed by atoms with Crippen LogP contribution in [0.5, 0.6) is 0 Å². The lowest BCUT2D eigenvalue weighted by Crippen LogP contribution is -2.44. The lowest BCUT2D eigenvalue weighted by Gasteiger charge is -2.25. The lowest BCUT2D eigenvalue weighted by atomic mass is 9.96. The maximum Gasteiger partial charge on any atom is 0.191 e. The highest BCUT2D eigenvalue weighted by molar-refractivity contribution is 5.79. The molecule has 0 aliphatic rings. The fourth-order valence-electron chi connectivity index (χ4n) is 2.89. The fourth-order valence-corrected chi connectivity index (χ4v) is 2.89. The normalized spacial score (nSPS) is 13.8. The van der Waals surface area contributed by atoms with Gasteiger partial charge in [0.1, 0.15) is 5.60 Å². The summed E-state index contributed by atoms with van der Waals surface area (Å²) in [6.07, 6.45) is 3.68. The van der Waals surface area contributed by atoms with Crippen LogP contribution >= 0.6 is 0 Å². The van der Waals surface area contributed by atoms with E-state index in [1.807, 2.05) is 72.4 Å². The van der Waals surface area contributed by atoms with Gasteiger partial charge in [0.05, 0.1) is 18.8 Å². The Morgan fingerprint density at radius 2 is 1.93 bits per heavy atom. The van der Waals surface area contributed by atoms with E-state index in [-0.39, 0.29) is 0 Å². The van der Waals surface area contributed by atoms with E-state index in [0.717, 1.165) is 23.4 Å². The minimum Gasteiger partial charge on any atom is -0.384 e. The lowest BCUT2D eigenvalue weighted by molar-refractivity contribution is 0.0617. The molecule has 0 bridgehead atoms. The molecule has 1 unspecified atom stereocenters. The second-order valence-electron chi connectivity index (χ2n) is 6.81. The van der Waals surface area contributed by atoms with Crippen LogP contribution in [0.3, 0.4) is 0 Å². The third-order valence-electron chi connectivity index (χ3n) is 4.44. The van der Waals surface area contributed by atoms with Crippen molar-refractivity contribution in [2.45, 2.75) is 26.0 Å². The van der Waals surface area contributed by atoms with Crippen LogP contribution in [0.2, 0.25) is 0 Å². The van der Waals surface area contributed by atoms with Crippen LogP contribution in [-0.2, 0) is 12.1 Å². The van der Waals surface area contributed by atoms with Crippen LogP contribution in [0, 0.1) is 0 Å². The Bertz CT molecular complexity index is 888. The Morgan fingerprint density at radius 3 is 2.64 bits per heavy atom. The van der Waals surface area contributed by atoms with Crippen LogP contribution in [0.15, 0.2) is 78.0 Å². The molecule has 0 aliphatic carbocycles. The Balaban J connectivity index is 1.67. The molecule has 1 heterocycles. The quantitative estimate of drug-likeness (QED) is 0.437. The molecule has 28 heavy (non-hydrogen) atoms. The number of aliphatic hydroxyl groups is 1. The molecule has 3 rings (SSSR count). The first-order chi connectivity index (χ1) is 13.6. The summed E-state index contributed by atoms with van der Waals surface area (Å²) in [5.74, 6) is 0.670. The van der Waals surface area contributed by atoms with Gasteiger partial charge in [-0.2, -0.15) is 5.10 Å². The second-order valence-corrected chi connectivity index (χ2v) is 6.81. The summed E-state index contributed by atoms with van der Waals surface area (Å²) >= 11 is 0. The minimum absolute atomic E-state index is 0.357. The molecule has 1 aromatic heterocycles. The van der Waals surface area contributed by atoms with Gasteiger partial charge in [0.2, 0.25) is 0 Å². The minimum atomic E-state index is -0.989. The molecule has 146 valence electrons. The van der Waals surface area contributed by atoms with Crippen molar-refractivity contribution in [3.63, 3.8) is 0 Å². The highest BCUT2D eigenvalue weighted by Gasteiger charge is 2.22. The number of aromatic nitrogens is 2. The first-order valence-electron chi connectivity index (χ1n) is 9.47. The Kier molecular flexibility index (Phi) is 6.45. The maximum absolute atomic E-state index is 10.8. The molecule has 3 aromatic rings. The average Bonchev–Trinajstić information content (AvgIpc) is 3.26. The van der Waals surface area contributed by atoms with Gasteiger partial charge in [-0.05, 0) is 43.2 Å². The third-order valence-corrected chi connectivity index (χ3v) is 4.44. The van der Waals surface area contributed by atoms with Gasteiger partial charge in [-0.3, -0.25) is 0 Å². The highest BCUT2D eigenvalue weighted by atomic mass is 16.3. The van der Waals surface area contributed by atoms with Crippen molar-refractivity contribution in [3.8, 4) is 5.69 Å². The van der Waals surface area contributed by atoms with Gasteiger partial charge in [-0.1, -0.05) is 42.5 Å². The Morgan fingerprint density at radius 1 is 1.11 bits per heavy atom. The average molecular weight is 377 g/mol. The van der Waals surface area contributed by atoms with E-state index < -0.39 is 5.60 Å². The van der Waals surface area contributed by atoms with Crippen molar-refractivity contribution in [2.75, 3.05) is 13.1 Å². The number of hydrogen-bond donors (Lipinski definition) is 3. The van der Waals surface area contributed by atoms with Crippen LogP contribution in [-0.4, -0.2) is 33.9 Å². The summed E-state index contributed by atoms with van der Waals surface area (Å²) in [7, 11) is 0. The van der Waals surface area contributed by atoms with Gasteiger partial charge in [0.25, 0.3) is 0 Å². The van der Waals surface area contributed by atoms with E-state index in [0.29, 0.717) is 19.0 Å². The van der Waals surface area contributed by atoms with E-state index in [2.05, 4.69) is 26.8 Å². The predicted molar refractivity (Wildman–Crippen MR) is 112 cm³/mol. The molecule has 1 atom stereocenters. The molecule has 0 spiro atoms. The molecule has 0 aliphatic heterocycles. The van der Waals surface area contributed by atoms with Crippen LogP contribution in [0.25, 0.3) is 5.69 Å². The molecule has 3 N–H and O–H groups in total. The van der Waals surface area contributed by atoms with Crippen LogP contribution in [0.1, 0.15) is 25.0 Å². The fraction of sp³-hybridized carbons (Fsp3) is 0.273. The largest absolute Gasteiger partial charge is 0.384 e. The van der Waals surface area contributed by atoms with Crippen LogP contribution in [0.4, 0.5) is 0 Å². The standard InChI is InChI=1S/C22H27N5O/c1-3-23-21(25-17-22(2,28)19-10-5-4-6-11-19)24-16-18-9-7-12-20(15-18)27-14-8-13-26-27/h4-15,28H,3,16-17H2,1-2H3,(H2,23,24,25). The SMILES string of the molecule is CCNC(=NCc1cccc(-n2cccn2)c1)NCC(C)(O)c1ccccc1. The molecule has 6 heteroatoms. The van der Waals surface area contributed by atoms with E-state index in [1.54, 1.807) is 13.1 Å². The van der Waals surface area contributed by atoms with E-state index >= 15 is 0 Å². The monoisotopic (exact) mass is 377 g/mol.